The van der Waals surface area contributed by atoms with Gasteiger partial charge in [0.2, 0.25) is 0 Å². The van der Waals surface area contributed by atoms with Crippen molar-refractivity contribution in [1.29, 1.82) is 0 Å². The second-order valence-corrected chi connectivity index (χ2v) is 4.97. The highest BCUT2D eigenvalue weighted by Gasteiger charge is 2.07. The number of rotatable bonds is 4. The van der Waals surface area contributed by atoms with Crippen molar-refractivity contribution in [3.8, 4) is 5.75 Å². The van der Waals surface area contributed by atoms with Gasteiger partial charge in [0.15, 0.2) is 0 Å². The third-order valence-electron chi connectivity index (χ3n) is 2.91. The maximum Gasteiger partial charge on any atom is 0.121 e. The fourth-order valence-electron chi connectivity index (χ4n) is 1.78. The quantitative estimate of drug-likeness (QED) is 0.910. The Kier molecular flexibility index (Phi) is 3.91. The topological polar surface area (TPSA) is 49.9 Å². The molecule has 0 fully saturated rings. The maximum absolute atomic E-state index is 5.21. The number of halogens is 1. The van der Waals surface area contributed by atoms with Gasteiger partial charge in [0, 0.05) is 28.3 Å². The summed E-state index contributed by atoms with van der Waals surface area (Å²) >= 11 is 3.52. The molecule has 0 radical (unpaired) electrons. The van der Waals surface area contributed by atoms with Crippen LogP contribution in [0.3, 0.4) is 0 Å². The number of hydrogen-bond acceptors (Lipinski definition) is 3. The molecule has 18 heavy (non-hydrogen) atoms. The van der Waals surface area contributed by atoms with Crippen LogP contribution in [0.5, 0.6) is 5.75 Å². The van der Waals surface area contributed by atoms with Gasteiger partial charge in [-0.25, -0.2) is 0 Å². The molecule has 96 valence electrons. The first-order valence-corrected chi connectivity index (χ1v) is 6.49. The monoisotopic (exact) mass is 309 g/mol. The van der Waals surface area contributed by atoms with Gasteiger partial charge in [-0.15, -0.1) is 0 Å². The molecule has 2 rings (SSSR count). The number of nitrogens with one attached hydrogen (secondary N) is 2. The molecule has 0 bridgehead atoms. The average molecular weight is 310 g/mol. The van der Waals surface area contributed by atoms with Crippen molar-refractivity contribution >= 4 is 21.6 Å². The number of hydrogen-bond donors (Lipinski definition) is 2. The molecule has 0 aliphatic heterocycles. The van der Waals surface area contributed by atoms with E-state index >= 15 is 0 Å². The van der Waals surface area contributed by atoms with E-state index < -0.39 is 0 Å². The summed E-state index contributed by atoms with van der Waals surface area (Å²) in [5.41, 5.74) is 4.33. The summed E-state index contributed by atoms with van der Waals surface area (Å²) < 4.78 is 6.23. The first-order valence-electron chi connectivity index (χ1n) is 5.69. The Hall–Kier alpha value is -1.49. The number of benzene rings is 1. The number of H-pyrrole nitrogens is 1. The first kappa shape index (κ1) is 13.0. The smallest absolute Gasteiger partial charge is 0.121 e. The third kappa shape index (κ3) is 2.67. The van der Waals surface area contributed by atoms with Gasteiger partial charge in [0.1, 0.15) is 5.75 Å². The van der Waals surface area contributed by atoms with Gasteiger partial charge in [-0.3, -0.25) is 5.10 Å². The van der Waals surface area contributed by atoms with Crippen LogP contribution in [0.1, 0.15) is 17.0 Å². The molecule has 0 spiro atoms. The van der Waals surface area contributed by atoms with Crippen LogP contribution in [0, 0.1) is 13.8 Å². The van der Waals surface area contributed by atoms with Gasteiger partial charge in [-0.1, -0.05) is 0 Å². The van der Waals surface area contributed by atoms with Crippen molar-refractivity contribution in [2.24, 2.45) is 0 Å². The van der Waals surface area contributed by atoms with E-state index in [9.17, 15) is 0 Å². The molecule has 2 N–H and O–H groups in total. The van der Waals surface area contributed by atoms with E-state index in [4.69, 9.17) is 4.74 Å². The standard InChI is InChI=1S/C13H16BrN3O/c1-8-11(9(2)17-16-8)7-15-13-6-10(18-3)4-5-12(13)14/h4-6,15H,7H2,1-3H3,(H,16,17). The number of aryl methyl sites for hydroxylation is 2. The second kappa shape index (κ2) is 5.44. The summed E-state index contributed by atoms with van der Waals surface area (Å²) in [6.45, 7) is 4.76. The number of anilines is 1. The third-order valence-corrected chi connectivity index (χ3v) is 3.60. The average Bonchev–Trinajstić information content (AvgIpc) is 2.68. The van der Waals surface area contributed by atoms with E-state index in [1.807, 2.05) is 32.0 Å². The van der Waals surface area contributed by atoms with Crippen LogP contribution in [-0.4, -0.2) is 17.3 Å². The van der Waals surface area contributed by atoms with Crippen molar-refractivity contribution in [2.45, 2.75) is 20.4 Å². The highest BCUT2D eigenvalue weighted by atomic mass is 79.9. The molecule has 5 heteroatoms. The normalized spacial score (nSPS) is 10.4. The molecule has 0 aliphatic rings. The van der Waals surface area contributed by atoms with E-state index in [0.717, 1.165) is 33.8 Å². The molecule has 0 saturated heterocycles. The molecular formula is C13H16BrN3O. The van der Waals surface area contributed by atoms with Gasteiger partial charge < -0.3 is 10.1 Å². The molecule has 4 nitrogen and oxygen atoms in total. The Morgan fingerprint density at radius 2 is 2.17 bits per heavy atom. The molecule has 1 heterocycles. The molecule has 0 atom stereocenters. The number of aromatic nitrogens is 2. The van der Waals surface area contributed by atoms with Crippen LogP contribution < -0.4 is 10.1 Å². The van der Waals surface area contributed by atoms with Gasteiger partial charge in [0.05, 0.1) is 18.5 Å². The zero-order chi connectivity index (χ0) is 13.1. The SMILES string of the molecule is COc1ccc(Br)c(NCc2c(C)n[nH]c2C)c1. The van der Waals surface area contributed by atoms with E-state index in [1.165, 1.54) is 5.56 Å². The predicted molar refractivity (Wildman–Crippen MR) is 76.1 cm³/mol. The minimum absolute atomic E-state index is 0.736. The number of methoxy groups -OCH3 is 1. The van der Waals surface area contributed by atoms with Crippen LogP contribution in [0.25, 0.3) is 0 Å². The fourth-order valence-corrected chi connectivity index (χ4v) is 2.17. The fraction of sp³-hybridized carbons (Fsp3) is 0.308. The van der Waals surface area contributed by atoms with Gasteiger partial charge in [0.25, 0.3) is 0 Å². The zero-order valence-electron chi connectivity index (χ0n) is 10.7. The second-order valence-electron chi connectivity index (χ2n) is 4.11. The van der Waals surface area contributed by atoms with Gasteiger partial charge >= 0.3 is 0 Å². The van der Waals surface area contributed by atoms with E-state index in [2.05, 4.69) is 31.4 Å². The lowest BCUT2D eigenvalue weighted by molar-refractivity contribution is 0.415. The molecule has 1 aromatic heterocycles. The minimum atomic E-state index is 0.736. The van der Waals surface area contributed by atoms with Crippen molar-refractivity contribution in [2.75, 3.05) is 12.4 Å². The number of ether oxygens (including phenoxy) is 1. The van der Waals surface area contributed by atoms with Crippen LogP contribution in [0.2, 0.25) is 0 Å². The van der Waals surface area contributed by atoms with Crippen molar-refractivity contribution < 1.29 is 4.74 Å². The van der Waals surface area contributed by atoms with Crippen LogP contribution in [0.4, 0.5) is 5.69 Å². The van der Waals surface area contributed by atoms with Crippen molar-refractivity contribution in [1.82, 2.24) is 10.2 Å². The van der Waals surface area contributed by atoms with Gasteiger partial charge in [-0.2, -0.15) is 5.10 Å². The Labute approximate surface area is 115 Å². The minimum Gasteiger partial charge on any atom is -0.497 e. The van der Waals surface area contributed by atoms with E-state index in [1.54, 1.807) is 7.11 Å². The summed E-state index contributed by atoms with van der Waals surface area (Å²) in [7, 11) is 1.66. The van der Waals surface area contributed by atoms with Crippen molar-refractivity contribution in [3.63, 3.8) is 0 Å². The zero-order valence-corrected chi connectivity index (χ0v) is 12.3. The lowest BCUT2D eigenvalue weighted by Gasteiger charge is -2.10. The Morgan fingerprint density at radius 3 is 2.78 bits per heavy atom. The lowest BCUT2D eigenvalue weighted by atomic mass is 10.2. The maximum atomic E-state index is 5.21. The van der Waals surface area contributed by atoms with Gasteiger partial charge in [-0.05, 0) is 41.9 Å². The largest absolute Gasteiger partial charge is 0.497 e. The molecule has 0 unspecified atom stereocenters. The predicted octanol–water partition coefficient (Wildman–Crippen LogP) is 3.41. The molecule has 0 saturated carbocycles. The highest BCUT2D eigenvalue weighted by Crippen LogP contribution is 2.27. The van der Waals surface area contributed by atoms with Crippen LogP contribution in [-0.2, 0) is 6.54 Å². The first-order chi connectivity index (χ1) is 8.61. The summed E-state index contributed by atoms with van der Waals surface area (Å²) in [6, 6.07) is 5.86. The molecule has 2 aromatic rings. The molecule has 0 aliphatic carbocycles. The van der Waals surface area contributed by atoms with E-state index in [0.29, 0.717) is 0 Å². The van der Waals surface area contributed by atoms with Crippen molar-refractivity contribution in [3.05, 3.63) is 39.6 Å². The Bertz CT molecular complexity index is 532. The van der Waals surface area contributed by atoms with Crippen LogP contribution in [0.15, 0.2) is 22.7 Å². The van der Waals surface area contributed by atoms with Crippen LogP contribution >= 0.6 is 15.9 Å². The Morgan fingerprint density at radius 1 is 1.39 bits per heavy atom. The molecular weight excluding hydrogens is 294 g/mol. The lowest BCUT2D eigenvalue weighted by Crippen LogP contribution is -2.02. The molecule has 1 aromatic carbocycles. The molecule has 0 amide bonds. The summed E-state index contributed by atoms with van der Waals surface area (Å²) in [6.07, 6.45) is 0. The number of nitrogens with zero attached hydrogens (tertiary/aromatic N) is 1. The van der Waals surface area contributed by atoms with E-state index in [-0.39, 0.29) is 0 Å². The Balaban J connectivity index is 2.15. The number of aromatic amines is 1. The summed E-state index contributed by atoms with van der Waals surface area (Å²) in [5.74, 6) is 0.835. The summed E-state index contributed by atoms with van der Waals surface area (Å²) in [4.78, 5) is 0. The highest BCUT2D eigenvalue weighted by molar-refractivity contribution is 9.10. The summed E-state index contributed by atoms with van der Waals surface area (Å²) in [5, 5.41) is 10.6.